The van der Waals surface area contributed by atoms with Crippen LogP contribution >= 0.6 is 11.6 Å². The van der Waals surface area contributed by atoms with E-state index in [0.29, 0.717) is 5.56 Å². The minimum Gasteiger partial charge on any atom is -0.457 e. The molecule has 35 heavy (non-hydrogen) atoms. The molecule has 12 heteroatoms. The van der Waals surface area contributed by atoms with E-state index in [0.717, 1.165) is 20.8 Å². The number of hydrogen-bond acceptors (Lipinski definition) is 5. The van der Waals surface area contributed by atoms with E-state index in [4.69, 9.17) is 11.6 Å². The Bertz CT molecular complexity index is 893. The predicted octanol–water partition coefficient (Wildman–Crippen LogP) is 6.62. The molecule has 0 radical (unpaired) electrons. The van der Waals surface area contributed by atoms with E-state index in [2.05, 4.69) is 16.1 Å². The zero-order valence-electron chi connectivity index (χ0n) is 20.0. The van der Waals surface area contributed by atoms with Gasteiger partial charge in [-0.15, -0.1) is 0 Å². The average molecular weight is 533 g/mol. The van der Waals surface area contributed by atoms with Gasteiger partial charge in [0.15, 0.2) is 0 Å². The Labute approximate surface area is 204 Å². The molecule has 198 valence electrons. The SMILES string of the molecule is C=Cc1ccc(COC(=O)C(OC(=O)C(C)(C)C)(C(F)(F)F)C(F)(F)F)cc1.CC(C)(C)C(=O)Cl. The number of carbonyl (C=O) groups excluding carboxylic acids is 3. The van der Waals surface area contributed by atoms with E-state index in [1.807, 2.05) is 0 Å². The lowest BCUT2D eigenvalue weighted by molar-refractivity contribution is -0.360. The van der Waals surface area contributed by atoms with E-state index in [-0.39, 0.29) is 16.2 Å². The van der Waals surface area contributed by atoms with Gasteiger partial charge in [0.2, 0.25) is 5.24 Å². The number of carbonyl (C=O) groups is 3. The molecular formula is C23H27ClF6O5. The highest BCUT2D eigenvalue weighted by Gasteiger charge is 2.81. The van der Waals surface area contributed by atoms with Gasteiger partial charge in [-0.1, -0.05) is 57.7 Å². The van der Waals surface area contributed by atoms with Crippen LogP contribution in [0.4, 0.5) is 26.3 Å². The Morgan fingerprint density at radius 3 is 1.51 bits per heavy atom. The van der Waals surface area contributed by atoms with Gasteiger partial charge in [-0.05, 0) is 43.5 Å². The van der Waals surface area contributed by atoms with Crippen LogP contribution in [0.3, 0.4) is 0 Å². The first-order valence-electron chi connectivity index (χ1n) is 9.96. The molecule has 0 heterocycles. The van der Waals surface area contributed by atoms with Crippen LogP contribution in [0.1, 0.15) is 52.7 Å². The Kier molecular flexibility index (Phi) is 10.6. The normalized spacial score (nSPS) is 12.7. The van der Waals surface area contributed by atoms with Crippen LogP contribution in [0.2, 0.25) is 0 Å². The molecule has 0 bridgehead atoms. The Hall–Kier alpha value is -2.56. The minimum absolute atomic E-state index is 0.124. The van der Waals surface area contributed by atoms with Crippen molar-refractivity contribution in [3.05, 3.63) is 42.0 Å². The second-order valence-electron chi connectivity index (χ2n) is 9.36. The minimum atomic E-state index is -6.30. The third-order valence-corrected chi connectivity index (χ3v) is 4.69. The summed E-state index contributed by atoms with van der Waals surface area (Å²) < 4.78 is 88.3. The van der Waals surface area contributed by atoms with Crippen molar-refractivity contribution < 1.29 is 50.2 Å². The molecule has 0 aliphatic heterocycles. The second-order valence-corrected chi connectivity index (χ2v) is 9.71. The Morgan fingerprint density at radius 2 is 1.23 bits per heavy atom. The van der Waals surface area contributed by atoms with E-state index < -0.39 is 41.9 Å². The van der Waals surface area contributed by atoms with Gasteiger partial charge >= 0.3 is 29.9 Å². The van der Waals surface area contributed by atoms with Crippen LogP contribution in [0.5, 0.6) is 0 Å². The lowest BCUT2D eigenvalue weighted by atomic mass is 9.95. The van der Waals surface area contributed by atoms with Crippen LogP contribution in [-0.2, 0) is 30.5 Å². The smallest absolute Gasteiger partial charge is 0.449 e. The lowest BCUT2D eigenvalue weighted by Crippen LogP contribution is -2.66. The van der Waals surface area contributed by atoms with Gasteiger partial charge in [0.1, 0.15) is 6.61 Å². The number of alkyl halides is 6. The fourth-order valence-electron chi connectivity index (χ4n) is 1.84. The monoisotopic (exact) mass is 532 g/mol. The molecule has 0 aromatic heterocycles. The molecule has 1 aromatic rings. The quantitative estimate of drug-likeness (QED) is 0.242. The molecule has 1 aromatic carbocycles. The summed E-state index contributed by atoms with van der Waals surface area (Å²) in [4.78, 5) is 34.0. The average Bonchev–Trinajstić information content (AvgIpc) is 2.67. The van der Waals surface area contributed by atoms with Gasteiger partial charge in [0.05, 0.1) is 5.41 Å². The summed E-state index contributed by atoms with van der Waals surface area (Å²) in [6, 6.07) is 5.59. The Balaban J connectivity index is 0.00000143. The summed E-state index contributed by atoms with van der Waals surface area (Å²) in [5.74, 6) is -4.65. The van der Waals surface area contributed by atoms with Gasteiger partial charge in [-0.25, -0.2) is 4.79 Å². The van der Waals surface area contributed by atoms with Gasteiger partial charge in [-0.3, -0.25) is 9.59 Å². The summed E-state index contributed by atoms with van der Waals surface area (Å²) in [6.45, 7) is 11.1. The molecule has 0 saturated heterocycles. The molecule has 1 rings (SSSR count). The molecule has 0 aliphatic rings. The van der Waals surface area contributed by atoms with Crippen molar-refractivity contribution in [1.29, 1.82) is 0 Å². The largest absolute Gasteiger partial charge is 0.457 e. The van der Waals surface area contributed by atoms with E-state index >= 15 is 0 Å². The third-order valence-electron chi connectivity index (χ3n) is 4.12. The van der Waals surface area contributed by atoms with Crippen molar-refractivity contribution >= 4 is 34.9 Å². The van der Waals surface area contributed by atoms with E-state index in [1.54, 1.807) is 20.8 Å². The first-order chi connectivity index (χ1) is 15.5. The highest BCUT2D eigenvalue weighted by atomic mass is 35.5. The summed E-state index contributed by atoms with van der Waals surface area (Å²) in [6.07, 6.45) is -11.1. The van der Waals surface area contributed by atoms with Crippen LogP contribution in [-0.4, -0.2) is 35.1 Å². The van der Waals surface area contributed by atoms with Crippen LogP contribution in [0, 0.1) is 10.8 Å². The van der Waals surface area contributed by atoms with Gasteiger partial charge in [0.25, 0.3) is 0 Å². The van der Waals surface area contributed by atoms with Gasteiger partial charge in [0, 0.05) is 5.41 Å². The second kappa shape index (κ2) is 11.5. The number of ether oxygens (including phenoxy) is 2. The molecule has 5 nitrogen and oxygen atoms in total. The number of esters is 2. The van der Waals surface area contributed by atoms with E-state index in [9.17, 15) is 40.7 Å². The van der Waals surface area contributed by atoms with Crippen molar-refractivity contribution in [2.24, 2.45) is 10.8 Å². The predicted molar refractivity (Wildman–Crippen MR) is 117 cm³/mol. The number of halogens is 7. The fraction of sp³-hybridized carbons (Fsp3) is 0.522. The molecule has 0 unspecified atom stereocenters. The van der Waals surface area contributed by atoms with Crippen molar-refractivity contribution in [1.82, 2.24) is 0 Å². The van der Waals surface area contributed by atoms with Crippen molar-refractivity contribution in [3.8, 4) is 0 Å². The fourth-order valence-corrected chi connectivity index (χ4v) is 1.84. The standard InChI is InChI=1S/C18H18F6O4.C5H9ClO/c1-5-11-6-8-12(9-7-11)10-27-14(26)16(17(19,20)21,18(22,23)24)28-13(25)15(2,3)4;1-5(2,3)4(6)7/h5-9H,1,10H2,2-4H3;1-3H3. The van der Waals surface area contributed by atoms with Gasteiger partial charge < -0.3 is 9.47 Å². The van der Waals surface area contributed by atoms with Crippen molar-refractivity contribution in [2.75, 3.05) is 0 Å². The summed E-state index contributed by atoms with van der Waals surface area (Å²) in [5.41, 5.74) is -6.79. The summed E-state index contributed by atoms with van der Waals surface area (Å²) in [7, 11) is 0. The maximum Gasteiger partial charge on any atom is 0.449 e. The van der Waals surface area contributed by atoms with Crippen LogP contribution in [0.15, 0.2) is 30.8 Å². The number of hydrogen-bond donors (Lipinski definition) is 0. The first-order valence-corrected chi connectivity index (χ1v) is 10.3. The summed E-state index contributed by atoms with van der Waals surface area (Å²) >= 11 is 5.11. The van der Waals surface area contributed by atoms with Crippen LogP contribution in [0.25, 0.3) is 6.08 Å². The zero-order valence-corrected chi connectivity index (χ0v) is 20.7. The highest BCUT2D eigenvalue weighted by molar-refractivity contribution is 6.64. The van der Waals surface area contributed by atoms with Gasteiger partial charge in [-0.2, -0.15) is 26.3 Å². The number of benzene rings is 1. The molecule has 0 spiro atoms. The molecule has 0 atom stereocenters. The molecule has 0 N–H and O–H groups in total. The number of rotatable bonds is 5. The molecule has 0 amide bonds. The van der Waals surface area contributed by atoms with E-state index in [1.165, 1.54) is 30.3 Å². The molecule has 0 aliphatic carbocycles. The topological polar surface area (TPSA) is 69.7 Å². The molecular weight excluding hydrogens is 506 g/mol. The maximum absolute atomic E-state index is 13.4. The maximum atomic E-state index is 13.4. The van der Waals surface area contributed by atoms with Crippen LogP contribution < -0.4 is 0 Å². The summed E-state index contributed by atoms with van der Waals surface area (Å²) in [5, 5.41) is -0.285. The third kappa shape index (κ3) is 8.87. The molecule has 0 fully saturated rings. The molecule has 0 saturated carbocycles. The van der Waals surface area contributed by atoms with Crippen molar-refractivity contribution in [2.45, 2.75) is 66.1 Å². The zero-order chi connectivity index (χ0) is 28.0. The van der Waals surface area contributed by atoms with Crippen molar-refractivity contribution in [3.63, 3.8) is 0 Å². The lowest BCUT2D eigenvalue weighted by Gasteiger charge is -2.35. The highest BCUT2D eigenvalue weighted by Crippen LogP contribution is 2.48. The Morgan fingerprint density at radius 1 is 0.829 bits per heavy atom. The first kappa shape index (κ1) is 32.4.